The van der Waals surface area contributed by atoms with Crippen LogP contribution in [0.2, 0.25) is 0 Å². The quantitative estimate of drug-likeness (QED) is 0.483. The molecule has 1 aliphatic carbocycles. The van der Waals surface area contributed by atoms with Crippen molar-refractivity contribution in [3.8, 4) is 0 Å². The topological polar surface area (TPSA) is 40.5 Å². The van der Waals surface area contributed by atoms with Crippen molar-refractivity contribution < 1.29 is 14.6 Å². The normalized spacial score (nSPS) is 62.1. The number of aliphatic hydroxyl groups excluding tert-OH is 2. The summed E-state index contributed by atoms with van der Waals surface area (Å²) in [6.07, 6.45) is -2.59. The van der Waals surface area contributed by atoms with Crippen molar-refractivity contribution in [1.29, 1.82) is 0 Å². The summed E-state index contributed by atoms with van der Waals surface area (Å²) >= 11 is 1.16. The van der Waals surface area contributed by atoms with Gasteiger partial charge in [0.15, 0.2) is 0 Å². The van der Waals surface area contributed by atoms with Crippen LogP contribution in [0.15, 0.2) is 0 Å². The summed E-state index contributed by atoms with van der Waals surface area (Å²) in [7, 11) is 5.36. The van der Waals surface area contributed by atoms with Crippen molar-refractivity contribution >= 4 is 19.6 Å². The first-order valence-electron chi connectivity index (χ1n) is 3.51. The van der Waals surface area contributed by atoms with Gasteiger partial charge >= 0.3 is 0 Å². The van der Waals surface area contributed by atoms with E-state index in [2.05, 4.69) is 0 Å². The molecule has 1 aliphatic heterocycles. The van der Waals surface area contributed by atoms with Gasteiger partial charge in [0.25, 0.3) is 0 Å². The molecule has 11 heavy (non-hydrogen) atoms. The number of rotatable bonds is 0. The highest BCUT2D eigenvalue weighted by molar-refractivity contribution is 8.03. The Hall–Kier alpha value is 0.265. The highest BCUT2D eigenvalue weighted by Gasteiger charge is 2.66. The van der Waals surface area contributed by atoms with E-state index in [0.29, 0.717) is 6.42 Å². The minimum Gasteiger partial charge on any atom is -0.392 e. The molecule has 1 saturated heterocycles. The lowest BCUT2D eigenvalue weighted by Gasteiger charge is -2.11. The van der Waals surface area contributed by atoms with Crippen molar-refractivity contribution in [3.63, 3.8) is 0 Å². The van der Waals surface area contributed by atoms with Crippen LogP contribution in [0.1, 0.15) is 6.42 Å². The second kappa shape index (κ2) is 2.15. The van der Waals surface area contributed by atoms with Crippen LogP contribution >= 0.6 is 11.8 Å². The highest BCUT2D eigenvalue weighted by Crippen LogP contribution is 2.59. The summed E-state index contributed by atoms with van der Waals surface area (Å²) in [6, 6.07) is 0. The minimum absolute atomic E-state index is 0.465. The van der Waals surface area contributed by atoms with E-state index in [1.807, 2.05) is 0 Å². The van der Waals surface area contributed by atoms with Gasteiger partial charge < -0.3 is 10.2 Å². The Morgan fingerprint density at radius 2 is 2.09 bits per heavy atom. The van der Waals surface area contributed by atoms with Gasteiger partial charge in [0.2, 0.25) is 0 Å². The maximum absolute atomic E-state index is 12.9. The van der Waals surface area contributed by atoms with Crippen molar-refractivity contribution in [2.75, 3.05) is 0 Å². The molecule has 0 bridgehead atoms. The minimum atomic E-state index is -1.39. The summed E-state index contributed by atoms with van der Waals surface area (Å²) in [6.45, 7) is 0. The first-order chi connectivity index (χ1) is 5.08. The lowest BCUT2D eigenvalue weighted by Crippen LogP contribution is -2.32. The van der Waals surface area contributed by atoms with Gasteiger partial charge in [-0.05, 0) is 6.42 Å². The Labute approximate surface area is 69.6 Å². The number of aliphatic hydroxyl groups is 2. The molecule has 2 rings (SSSR count). The van der Waals surface area contributed by atoms with Crippen LogP contribution < -0.4 is 0 Å². The second-order valence-electron chi connectivity index (χ2n) is 3.15. The predicted molar refractivity (Wildman–Crippen MR) is 41.4 cm³/mol. The average Bonchev–Trinajstić information content (AvgIpc) is 2.54. The second-order valence-corrected chi connectivity index (χ2v) is 4.69. The van der Waals surface area contributed by atoms with E-state index < -0.39 is 28.3 Å². The molecule has 5 atom stereocenters. The van der Waals surface area contributed by atoms with E-state index in [1.165, 1.54) is 0 Å². The number of hydrogen-bond donors (Lipinski definition) is 2. The van der Waals surface area contributed by atoms with Gasteiger partial charge in [0.1, 0.15) is 12.3 Å². The van der Waals surface area contributed by atoms with E-state index in [9.17, 15) is 9.50 Å². The van der Waals surface area contributed by atoms with Gasteiger partial charge in [0, 0.05) is 5.15 Å². The van der Waals surface area contributed by atoms with Gasteiger partial charge in [-0.15, -0.1) is 0 Å². The molecule has 0 aromatic carbocycles. The van der Waals surface area contributed by atoms with Crippen LogP contribution in [0.3, 0.4) is 0 Å². The van der Waals surface area contributed by atoms with Crippen molar-refractivity contribution in [2.24, 2.45) is 0 Å². The van der Waals surface area contributed by atoms with Crippen molar-refractivity contribution in [1.82, 2.24) is 0 Å². The maximum atomic E-state index is 12.9. The van der Waals surface area contributed by atoms with E-state index >= 15 is 0 Å². The average molecular weight is 174 g/mol. The monoisotopic (exact) mass is 174 g/mol. The highest BCUT2D eigenvalue weighted by atomic mass is 32.2. The third kappa shape index (κ3) is 0.878. The van der Waals surface area contributed by atoms with Crippen molar-refractivity contribution in [3.05, 3.63) is 0 Å². The fraction of sp³-hybridized carbons (Fsp3) is 1.00. The molecule has 2 radical (unpaired) electrons. The van der Waals surface area contributed by atoms with Crippen LogP contribution in [0.5, 0.6) is 0 Å². The largest absolute Gasteiger partial charge is 0.392 e. The predicted octanol–water partition coefficient (Wildman–Crippen LogP) is -0.570. The number of hydrogen-bond acceptors (Lipinski definition) is 3. The first kappa shape index (κ1) is 7.89. The molecule has 2 nitrogen and oxygen atoms in total. The van der Waals surface area contributed by atoms with Crippen LogP contribution in [-0.2, 0) is 0 Å². The van der Waals surface area contributed by atoms with E-state index in [-0.39, 0.29) is 0 Å². The van der Waals surface area contributed by atoms with E-state index in [1.54, 1.807) is 0 Å². The van der Waals surface area contributed by atoms with E-state index in [4.69, 9.17) is 13.0 Å². The summed E-state index contributed by atoms with van der Waals surface area (Å²) in [5.74, 6) is 0. The van der Waals surface area contributed by atoms with Gasteiger partial charge in [-0.1, -0.05) is 0 Å². The Kier molecular flexibility index (Phi) is 1.54. The zero-order valence-corrected chi connectivity index (χ0v) is 6.59. The van der Waals surface area contributed by atoms with Gasteiger partial charge in [-0.3, -0.25) is 0 Å². The molecule has 2 fully saturated rings. The Bertz CT molecular complexity index is 193. The summed E-state index contributed by atoms with van der Waals surface area (Å²) in [5.41, 5.74) is 0. The number of alkyl halides is 1. The van der Waals surface area contributed by atoms with E-state index in [0.717, 1.165) is 11.8 Å². The third-order valence-corrected chi connectivity index (χ3v) is 4.04. The molecule has 0 aromatic rings. The first-order valence-corrected chi connectivity index (χ1v) is 4.39. The van der Waals surface area contributed by atoms with Gasteiger partial charge in [-0.25, -0.2) is 4.39 Å². The summed E-state index contributed by atoms with van der Waals surface area (Å²) in [5, 5.41) is 17.7. The zero-order valence-electron chi connectivity index (χ0n) is 5.77. The van der Waals surface area contributed by atoms with Gasteiger partial charge in [0.05, 0.1) is 18.7 Å². The van der Waals surface area contributed by atoms with Crippen LogP contribution in [0.4, 0.5) is 4.39 Å². The lowest BCUT2D eigenvalue weighted by atomic mass is 9.95. The molecule has 1 heterocycles. The van der Waals surface area contributed by atoms with Gasteiger partial charge in [-0.2, -0.15) is 11.8 Å². The molecule has 60 valence electrons. The van der Waals surface area contributed by atoms with Crippen LogP contribution in [-0.4, -0.2) is 46.3 Å². The molecule has 2 unspecified atom stereocenters. The molecule has 1 spiro atoms. The molecular weight excluding hydrogens is 166 g/mol. The zero-order chi connectivity index (χ0) is 8.22. The standard InChI is InChI=1S/C6H8BFO2S/c7-5-3(8)4(10)6(11-5)1-2(6)9/h2-5,9-10H,1H2/t2?,3-,4+,5?,6-/m1/s1. The molecule has 2 aliphatic rings. The van der Waals surface area contributed by atoms with Crippen LogP contribution in [0, 0.1) is 0 Å². The SMILES string of the molecule is [B]C1S[C@@]2(CC2O)[C@@H](O)[C@H]1F. The lowest BCUT2D eigenvalue weighted by molar-refractivity contribution is 0.0753. The molecule has 5 heteroatoms. The number of thioether (sulfide) groups is 1. The summed E-state index contributed by atoms with van der Waals surface area (Å²) < 4.78 is 12.2. The maximum Gasteiger partial charge on any atom is 0.131 e. The fourth-order valence-electron chi connectivity index (χ4n) is 1.53. The third-order valence-electron chi connectivity index (χ3n) is 2.39. The molecule has 2 N–H and O–H groups in total. The molecular formula is C6H8BFO2S. The molecule has 0 aromatic heterocycles. The molecule has 1 saturated carbocycles. The summed E-state index contributed by atoms with van der Waals surface area (Å²) in [4.78, 5) is 0. The number of halogens is 1. The van der Waals surface area contributed by atoms with Crippen molar-refractivity contribution in [2.45, 2.75) is 34.7 Å². The van der Waals surface area contributed by atoms with Crippen LogP contribution in [0.25, 0.3) is 0 Å². The smallest absolute Gasteiger partial charge is 0.131 e. The Balaban J connectivity index is 2.17. The Morgan fingerprint density at radius 1 is 1.55 bits per heavy atom. The molecule has 0 amide bonds. The Morgan fingerprint density at radius 3 is 2.27 bits per heavy atom. The fourth-order valence-corrected chi connectivity index (χ4v) is 2.99.